The lowest BCUT2D eigenvalue weighted by atomic mass is 9.85. The van der Waals surface area contributed by atoms with Crippen LogP contribution in [-0.4, -0.2) is 9.04 Å². The SMILES string of the molecule is C[SiH](C)Oc1c(Br)cccc1-c1cccc(C(C)(C)C)c1. The van der Waals surface area contributed by atoms with Crippen molar-refractivity contribution in [1.29, 1.82) is 0 Å². The minimum atomic E-state index is -1.15. The Hall–Kier alpha value is -1.06. The third-order valence-corrected chi connectivity index (χ3v) is 4.69. The highest BCUT2D eigenvalue weighted by molar-refractivity contribution is 9.10. The molecule has 0 atom stereocenters. The third-order valence-electron chi connectivity index (χ3n) is 3.36. The molecule has 0 amide bonds. The van der Waals surface area contributed by atoms with Crippen molar-refractivity contribution in [2.45, 2.75) is 39.3 Å². The van der Waals surface area contributed by atoms with Crippen LogP contribution < -0.4 is 4.43 Å². The van der Waals surface area contributed by atoms with Gasteiger partial charge in [-0.05, 0) is 51.6 Å². The van der Waals surface area contributed by atoms with Crippen LogP contribution in [0, 0.1) is 0 Å². The normalized spacial score (nSPS) is 11.8. The van der Waals surface area contributed by atoms with Gasteiger partial charge in [0, 0.05) is 5.56 Å². The molecule has 0 spiro atoms. The Balaban J connectivity index is 2.54. The van der Waals surface area contributed by atoms with Crippen molar-refractivity contribution in [3.8, 4) is 16.9 Å². The monoisotopic (exact) mass is 362 g/mol. The van der Waals surface area contributed by atoms with Crippen LogP contribution in [0.1, 0.15) is 26.3 Å². The molecule has 21 heavy (non-hydrogen) atoms. The van der Waals surface area contributed by atoms with Gasteiger partial charge in [0.2, 0.25) is 9.04 Å². The molecule has 2 rings (SSSR count). The zero-order valence-corrected chi connectivity index (χ0v) is 16.1. The van der Waals surface area contributed by atoms with Crippen molar-refractivity contribution in [3.05, 3.63) is 52.5 Å². The predicted molar refractivity (Wildman–Crippen MR) is 97.8 cm³/mol. The quantitative estimate of drug-likeness (QED) is 0.629. The predicted octanol–water partition coefficient (Wildman–Crippen LogP) is 5.78. The van der Waals surface area contributed by atoms with Gasteiger partial charge in [0.1, 0.15) is 5.75 Å². The first-order chi connectivity index (χ1) is 9.79. The fourth-order valence-electron chi connectivity index (χ4n) is 2.24. The summed E-state index contributed by atoms with van der Waals surface area (Å²) >= 11 is 3.63. The van der Waals surface area contributed by atoms with Crippen LogP contribution in [0.15, 0.2) is 46.9 Å². The lowest BCUT2D eigenvalue weighted by molar-refractivity contribution is 0.578. The van der Waals surface area contributed by atoms with Gasteiger partial charge in [-0.25, -0.2) is 0 Å². The molecule has 0 unspecified atom stereocenters. The molecule has 1 nitrogen and oxygen atoms in total. The summed E-state index contributed by atoms with van der Waals surface area (Å²) < 4.78 is 7.18. The van der Waals surface area contributed by atoms with Crippen molar-refractivity contribution in [1.82, 2.24) is 0 Å². The second-order valence-electron chi connectivity index (χ2n) is 6.61. The van der Waals surface area contributed by atoms with Crippen molar-refractivity contribution < 1.29 is 4.43 Å². The van der Waals surface area contributed by atoms with E-state index in [1.165, 1.54) is 11.1 Å². The van der Waals surface area contributed by atoms with Crippen molar-refractivity contribution in [2.75, 3.05) is 0 Å². The maximum Gasteiger partial charge on any atom is 0.229 e. The topological polar surface area (TPSA) is 9.23 Å². The van der Waals surface area contributed by atoms with Crippen LogP contribution in [0.2, 0.25) is 13.1 Å². The van der Waals surface area contributed by atoms with Gasteiger partial charge < -0.3 is 4.43 Å². The Labute approximate surface area is 138 Å². The van der Waals surface area contributed by atoms with E-state index < -0.39 is 9.04 Å². The number of hydrogen-bond donors (Lipinski definition) is 0. The van der Waals surface area contributed by atoms with E-state index in [1.807, 2.05) is 6.07 Å². The number of hydrogen-bond acceptors (Lipinski definition) is 1. The number of halogens is 1. The molecule has 2 aromatic rings. The molecule has 112 valence electrons. The summed E-state index contributed by atoms with van der Waals surface area (Å²) in [6.07, 6.45) is 0. The number of rotatable bonds is 3. The van der Waals surface area contributed by atoms with Crippen LogP contribution in [-0.2, 0) is 5.41 Å². The Morgan fingerprint density at radius 2 is 1.67 bits per heavy atom. The van der Waals surface area contributed by atoms with Crippen LogP contribution in [0.4, 0.5) is 0 Å². The molecular weight excluding hydrogens is 340 g/mol. The number of para-hydroxylation sites is 1. The Morgan fingerprint density at radius 3 is 2.29 bits per heavy atom. The summed E-state index contributed by atoms with van der Waals surface area (Å²) in [7, 11) is -1.15. The molecule has 0 saturated heterocycles. The van der Waals surface area contributed by atoms with E-state index in [2.05, 4.69) is 86.2 Å². The van der Waals surface area contributed by atoms with Crippen molar-refractivity contribution >= 4 is 25.0 Å². The van der Waals surface area contributed by atoms with Crippen molar-refractivity contribution in [3.63, 3.8) is 0 Å². The Bertz CT molecular complexity index is 629. The molecule has 2 aromatic carbocycles. The van der Waals surface area contributed by atoms with E-state index in [-0.39, 0.29) is 5.41 Å². The molecule has 0 aliphatic heterocycles. The average molecular weight is 363 g/mol. The summed E-state index contributed by atoms with van der Waals surface area (Å²) in [6, 6.07) is 15.0. The highest BCUT2D eigenvalue weighted by Crippen LogP contribution is 2.38. The van der Waals surface area contributed by atoms with Gasteiger partial charge in [0.25, 0.3) is 0 Å². The van der Waals surface area contributed by atoms with Gasteiger partial charge in [-0.1, -0.05) is 57.2 Å². The van der Waals surface area contributed by atoms with Crippen molar-refractivity contribution in [2.24, 2.45) is 0 Å². The van der Waals surface area contributed by atoms with Gasteiger partial charge in [-0.15, -0.1) is 0 Å². The smallest absolute Gasteiger partial charge is 0.229 e. The van der Waals surface area contributed by atoms with Crippen LogP contribution >= 0.6 is 15.9 Å². The summed E-state index contributed by atoms with van der Waals surface area (Å²) in [5, 5.41) is 0. The van der Waals surface area contributed by atoms with E-state index in [4.69, 9.17) is 4.43 Å². The lowest BCUT2D eigenvalue weighted by Gasteiger charge is -2.21. The zero-order chi connectivity index (χ0) is 15.6. The summed E-state index contributed by atoms with van der Waals surface area (Å²) in [4.78, 5) is 0. The van der Waals surface area contributed by atoms with E-state index >= 15 is 0 Å². The molecule has 3 heteroatoms. The summed E-state index contributed by atoms with van der Waals surface area (Å²) in [5.41, 5.74) is 3.87. The summed E-state index contributed by atoms with van der Waals surface area (Å²) in [5.74, 6) is 0.977. The van der Waals surface area contributed by atoms with E-state index in [0.29, 0.717) is 0 Å². The number of benzene rings is 2. The minimum Gasteiger partial charge on any atom is -0.546 e. The standard InChI is InChI=1S/C18H23BrOSi/c1-18(2,3)14-9-6-8-13(12-14)15-10-7-11-16(19)17(15)20-21(4)5/h6-12,21H,1-5H3. The second-order valence-corrected chi connectivity index (χ2v) is 9.80. The lowest BCUT2D eigenvalue weighted by Crippen LogP contribution is -2.13. The molecule has 0 bridgehead atoms. The van der Waals surface area contributed by atoms with Gasteiger partial charge in [0.05, 0.1) is 4.47 Å². The maximum absolute atomic E-state index is 6.15. The van der Waals surface area contributed by atoms with Gasteiger partial charge in [-0.2, -0.15) is 0 Å². The Kier molecular flexibility index (Phi) is 4.94. The fraction of sp³-hybridized carbons (Fsp3) is 0.333. The molecule has 0 heterocycles. The molecule has 0 aliphatic carbocycles. The molecular formula is C18H23BrOSi. The molecule has 0 N–H and O–H groups in total. The molecule has 0 saturated carbocycles. The molecule has 0 aliphatic rings. The van der Waals surface area contributed by atoms with Gasteiger partial charge in [0.15, 0.2) is 0 Å². The van der Waals surface area contributed by atoms with Gasteiger partial charge in [-0.3, -0.25) is 0 Å². The molecule has 0 aromatic heterocycles. The fourth-order valence-corrected chi connectivity index (χ4v) is 3.60. The molecule has 0 fully saturated rings. The van der Waals surface area contributed by atoms with Crippen LogP contribution in [0.3, 0.4) is 0 Å². The third kappa shape index (κ3) is 3.98. The highest BCUT2D eigenvalue weighted by atomic mass is 79.9. The zero-order valence-electron chi connectivity index (χ0n) is 13.4. The second kappa shape index (κ2) is 6.37. The average Bonchev–Trinajstić information content (AvgIpc) is 2.40. The first kappa shape index (κ1) is 16.3. The van der Waals surface area contributed by atoms with Gasteiger partial charge >= 0.3 is 0 Å². The van der Waals surface area contributed by atoms with E-state index in [1.54, 1.807) is 0 Å². The first-order valence-electron chi connectivity index (χ1n) is 7.35. The largest absolute Gasteiger partial charge is 0.546 e. The van der Waals surface area contributed by atoms with Crippen LogP contribution in [0.25, 0.3) is 11.1 Å². The Morgan fingerprint density at radius 1 is 1.00 bits per heavy atom. The summed E-state index contributed by atoms with van der Waals surface area (Å²) in [6.45, 7) is 11.1. The van der Waals surface area contributed by atoms with Crippen LogP contribution in [0.5, 0.6) is 5.75 Å². The highest BCUT2D eigenvalue weighted by Gasteiger charge is 2.16. The first-order valence-corrected chi connectivity index (χ1v) is 10.9. The molecule has 0 radical (unpaired) electrons. The maximum atomic E-state index is 6.15. The van der Waals surface area contributed by atoms with E-state index in [0.717, 1.165) is 15.8 Å². The minimum absolute atomic E-state index is 0.149. The van der Waals surface area contributed by atoms with E-state index in [9.17, 15) is 0 Å².